The summed E-state index contributed by atoms with van der Waals surface area (Å²) < 4.78 is 14.1. The van der Waals surface area contributed by atoms with Gasteiger partial charge in [-0.1, -0.05) is 36.4 Å². The van der Waals surface area contributed by atoms with Crippen LogP contribution in [-0.4, -0.2) is 23.4 Å². The zero-order valence-corrected chi connectivity index (χ0v) is 12.4. The minimum atomic E-state index is -1.01. The summed E-state index contributed by atoms with van der Waals surface area (Å²) in [4.78, 5) is 0. The lowest BCUT2D eigenvalue weighted by Gasteiger charge is -2.32. The summed E-state index contributed by atoms with van der Waals surface area (Å²) in [6.45, 7) is 3.36. The van der Waals surface area contributed by atoms with Crippen LogP contribution in [0.4, 0.5) is 4.39 Å². The maximum Gasteiger partial charge on any atom is 0.127 e. The molecule has 0 bridgehead atoms. The molecule has 0 radical (unpaired) electrons. The molecule has 2 aromatic rings. The van der Waals surface area contributed by atoms with E-state index in [-0.39, 0.29) is 13.2 Å². The Morgan fingerprint density at radius 3 is 2.00 bits per heavy atom. The van der Waals surface area contributed by atoms with Crippen LogP contribution in [0.2, 0.25) is 0 Å². The summed E-state index contributed by atoms with van der Waals surface area (Å²) in [6.07, 6.45) is 0.402. The lowest BCUT2D eigenvalue weighted by Crippen LogP contribution is -2.38. The average Bonchev–Trinajstić information content (AvgIpc) is 2.49. The van der Waals surface area contributed by atoms with Crippen LogP contribution >= 0.6 is 0 Å². The summed E-state index contributed by atoms with van der Waals surface area (Å²) in [5.41, 5.74) is 2.55. The van der Waals surface area contributed by atoms with Crippen LogP contribution in [-0.2, 0) is 11.8 Å². The zero-order valence-electron chi connectivity index (χ0n) is 12.4. The van der Waals surface area contributed by atoms with Crippen molar-refractivity contribution in [2.24, 2.45) is 0 Å². The smallest absolute Gasteiger partial charge is 0.127 e. The number of aliphatic hydroxyl groups is 2. The van der Waals surface area contributed by atoms with Crippen LogP contribution in [0.1, 0.15) is 22.3 Å². The van der Waals surface area contributed by atoms with Crippen molar-refractivity contribution in [1.82, 2.24) is 0 Å². The second-order valence-corrected chi connectivity index (χ2v) is 5.62. The minimum absolute atomic E-state index is 0.307. The fourth-order valence-electron chi connectivity index (χ4n) is 2.78. The third-order valence-corrected chi connectivity index (χ3v) is 4.21. The van der Waals surface area contributed by atoms with Gasteiger partial charge in [-0.15, -0.1) is 0 Å². The van der Waals surface area contributed by atoms with Crippen LogP contribution < -0.4 is 0 Å². The molecule has 21 heavy (non-hydrogen) atoms. The van der Waals surface area contributed by atoms with Crippen molar-refractivity contribution >= 4 is 0 Å². The fourth-order valence-corrected chi connectivity index (χ4v) is 2.78. The van der Waals surface area contributed by atoms with Gasteiger partial charge in [0.05, 0.1) is 13.2 Å². The molecule has 0 unspecified atom stereocenters. The highest BCUT2D eigenvalue weighted by Gasteiger charge is 2.34. The van der Waals surface area contributed by atoms with Crippen molar-refractivity contribution in [3.05, 3.63) is 70.5 Å². The number of halogens is 1. The largest absolute Gasteiger partial charge is 0.395 e. The number of rotatable bonds is 5. The van der Waals surface area contributed by atoms with E-state index >= 15 is 0 Å². The van der Waals surface area contributed by atoms with Crippen molar-refractivity contribution in [3.8, 4) is 0 Å². The summed E-state index contributed by atoms with van der Waals surface area (Å²) in [7, 11) is 0. The molecule has 0 fully saturated rings. The van der Waals surface area contributed by atoms with Gasteiger partial charge in [0.2, 0.25) is 0 Å². The van der Waals surface area contributed by atoms with Crippen molar-refractivity contribution in [1.29, 1.82) is 0 Å². The fraction of sp³-hybridized carbons (Fsp3) is 0.333. The Bertz CT molecular complexity index is 598. The second kappa shape index (κ2) is 6.37. The molecule has 2 nitrogen and oxygen atoms in total. The molecule has 0 aromatic heterocycles. The van der Waals surface area contributed by atoms with Gasteiger partial charge in [0.15, 0.2) is 0 Å². The molecule has 2 rings (SSSR count). The summed E-state index contributed by atoms with van der Waals surface area (Å²) in [5.74, 6) is -0.396. The molecule has 0 spiro atoms. The molecule has 3 heteroatoms. The van der Waals surface area contributed by atoms with E-state index in [1.165, 1.54) is 6.07 Å². The highest BCUT2D eigenvalue weighted by molar-refractivity contribution is 5.38. The van der Waals surface area contributed by atoms with Gasteiger partial charge in [-0.05, 0) is 48.6 Å². The molecule has 2 aromatic carbocycles. The molecule has 0 atom stereocenters. The topological polar surface area (TPSA) is 40.5 Å². The van der Waals surface area contributed by atoms with Gasteiger partial charge in [-0.25, -0.2) is 4.39 Å². The summed E-state index contributed by atoms with van der Waals surface area (Å²) in [6, 6.07) is 12.3. The number of aryl methyl sites for hydroxylation is 2. The van der Waals surface area contributed by atoms with Crippen molar-refractivity contribution in [2.45, 2.75) is 25.7 Å². The number of aliphatic hydroxyl groups excluding tert-OH is 2. The Morgan fingerprint density at radius 2 is 1.48 bits per heavy atom. The Hall–Kier alpha value is -1.71. The first-order valence-electron chi connectivity index (χ1n) is 7.06. The standard InChI is InChI=1S/C18H21FO2/c1-13-6-5-7-14(2)15(13)10-18(11-20,12-21)16-8-3-4-9-17(16)19/h3-9,20-21H,10-12H2,1-2H3. The molecular formula is C18H21FO2. The van der Waals surface area contributed by atoms with Crippen molar-refractivity contribution < 1.29 is 14.6 Å². The first-order chi connectivity index (χ1) is 10.0. The van der Waals surface area contributed by atoms with Crippen LogP contribution in [0.5, 0.6) is 0 Å². The van der Waals surface area contributed by atoms with Gasteiger partial charge >= 0.3 is 0 Å². The minimum Gasteiger partial charge on any atom is -0.395 e. The van der Waals surface area contributed by atoms with E-state index in [4.69, 9.17) is 0 Å². The third kappa shape index (κ3) is 2.99. The van der Waals surface area contributed by atoms with Crippen molar-refractivity contribution in [3.63, 3.8) is 0 Å². The van der Waals surface area contributed by atoms with Gasteiger partial charge in [0.1, 0.15) is 5.82 Å². The Kier molecular flexibility index (Phi) is 4.76. The highest BCUT2D eigenvalue weighted by Crippen LogP contribution is 2.32. The summed E-state index contributed by atoms with van der Waals surface area (Å²) >= 11 is 0. The molecule has 0 amide bonds. The molecule has 112 valence electrons. The van der Waals surface area contributed by atoms with Crippen LogP contribution in [0, 0.1) is 19.7 Å². The van der Waals surface area contributed by atoms with Gasteiger partial charge < -0.3 is 10.2 Å². The zero-order chi connectivity index (χ0) is 15.5. The van der Waals surface area contributed by atoms with Crippen LogP contribution in [0.25, 0.3) is 0 Å². The monoisotopic (exact) mass is 288 g/mol. The second-order valence-electron chi connectivity index (χ2n) is 5.62. The quantitative estimate of drug-likeness (QED) is 0.888. The van der Waals surface area contributed by atoms with E-state index in [0.717, 1.165) is 16.7 Å². The van der Waals surface area contributed by atoms with Crippen LogP contribution in [0.15, 0.2) is 42.5 Å². The van der Waals surface area contributed by atoms with E-state index in [9.17, 15) is 14.6 Å². The first kappa shape index (κ1) is 15.7. The maximum absolute atomic E-state index is 14.1. The van der Waals surface area contributed by atoms with E-state index in [1.54, 1.807) is 18.2 Å². The average molecular weight is 288 g/mol. The van der Waals surface area contributed by atoms with Crippen molar-refractivity contribution in [2.75, 3.05) is 13.2 Å². The van der Waals surface area contributed by atoms with E-state index in [1.807, 2.05) is 32.0 Å². The van der Waals surface area contributed by atoms with E-state index in [2.05, 4.69) is 0 Å². The van der Waals surface area contributed by atoms with Gasteiger partial charge in [0.25, 0.3) is 0 Å². The molecular weight excluding hydrogens is 267 g/mol. The summed E-state index contributed by atoms with van der Waals surface area (Å²) in [5, 5.41) is 19.7. The van der Waals surface area contributed by atoms with Gasteiger partial charge in [-0.3, -0.25) is 0 Å². The molecule has 0 heterocycles. The molecule has 0 saturated carbocycles. The lowest BCUT2D eigenvalue weighted by atomic mass is 9.75. The molecule has 0 aliphatic rings. The molecule has 0 saturated heterocycles. The first-order valence-corrected chi connectivity index (χ1v) is 7.06. The highest BCUT2D eigenvalue weighted by atomic mass is 19.1. The Morgan fingerprint density at radius 1 is 0.905 bits per heavy atom. The number of benzene rings is 2. The van der Waals surface area contributed by atoms with E-state index < -0.39 is 11.2 Å². The van der Waals surface area contributed by atoms with Crippen LogP contribution in [0.3, 0.4) is 0 Å². The molecule has 2 N–H and O–H groups in total. The number of hydrogen-bond donors (Lipinski definition) is 2. The maximum atomic E-state index is 14.1. The Balaban J connectivity index is 2.51. The van der Waals surface area contributed by atoms with E-state index in [0.29, 0.717) is 12.0 Å². The third-order valence-electron chi connectivity index (χ3n) is 4.21. The molecule has 0 aliphatic carbocycles. The van der Waals surface area contributed by atoms with Gasteiger partial charge in [-0.2, -0.15) is 0 Å². The normalized spacial score (nSPS) is 11.7. The lowest BCUT2D eigenvalue weighted by molar-refractivity contribution is 0.113. The Labute approximate surface area is 124 Å². The molecule has 0 aliphatic heterocycles. The number of hydrogen-bond acceptors (Lipinski definition) is 2. The predicted octanol–water partition coefficient (Wildman–Crippen LogP) is 2.91. The predicted molar refractivity (Wildman–Crippen MR) is 81.9 cm³/mol. The van der Waals surface area contributed by atoms with Gasteiger partial charge in [0, 0.05) is 5.41 Å². The SMILES string of the molecule is Cc1cccc(C)c1CC(CO)(CO)c1ccccc1F.